The van der Waals surface area contributed by atoms with Crippen LogP contribution in [0.25, 0.3) is 5.69 Å². The van der Waals surface area contributed by atoms with E-state index in [2.05, 4.69) is 4.98 Å². The lowest BCUT2D eigenvalue weighted by Gasteiger charge is -2.08. The molecule has 0 spiro atoms. The van der Waals surface area contributed by atoms with Crippen LogP contribution in [0.2, 0.25) is 0 Å². The lowest BCUT2D eigenvalue weighted by atomic mass is 10.2. The summed E-state index contributed by atoms with van der Waals surface area (Å²) in [6, 6.07) is 11.2. The van der Waals surface area contributed by atoms with Gasteiger partial charge in [-0.25, -0.2) is 13.8 Å². The van der Waals surface area contributed by atoms with Gasteiger partial charge in [0.25, 0.3) is 0 Å². The number of halogens is 2. The smallest absolute Gasteiger partial charge is 0.162 e. The van der Waals surface area contributed by atoms with Crippen LogP contribution in [0, 0.1) is 11.6 Å². The Morgan fingerprint density at radius 1 is 1.00 bits per heavy atom. The van der Waals surface area contributed by atoms with Crippen LogP contribution in [-0.2, 0) is 6.61 Å². The van der Waals surface area contributed by atoms with Crippen LogP contribution in [0.4, 0.5) is 8.78 Å². The van der Waals surface area contributed by atoms with Gasteiger partial charge in [0.2, 0.25) is 0 Å². The van der Waals surface area contributed by atoms with Crippen molar-refractivity contribution in [1.29, 1.82) is 0 Å². The van der Waals surface area contributed by atoms with Crippen LogP contribution in [0.15, 0.2) is 61.2 Å². The Balaban J connectivity index is 1.66. The number of aromatic nitrogens is 2. The zero-order valence-electron chi connectivity index (χ0n) is 11.0. The third-order valence-corrected chi connectivity index (χ3v) is 3.04. The standard InChI is InChI=1S/C16H12F2N2O/c17-15-6-5-14(9-16(15)18)21-10-12-1-3-13(4-2-12)20-8-7-19-11-20/h1-9,11H,10H2. The van der Waals surface area contributed by atoms with Crippen molar-refractivity contribution in [3.63, 3.8) is 0 Å². The molecule has 3 aromatic rings. The van der Waals surface area contributed by atoms with Crippen molar-refractivity contribution in [2.45, 2.75) is 6.61 Å². The molecule has 0 aliphatic rings. The number of hydrogen-bond donors (Lipinski definition) is 0. The summed E-state index contributed by atoms with van der Waals surface area (Å²) in [6.45, 7) is 0.287. The summed E-state index contributed by atoms with van der Waals surface area (Å²) < 4.78 is 33.2. The van der Waals surface area contributed by atoms with Gasteiger partial charge in [-0.2, -0.15) is 0 Å². The number of benzene rings is 2. The summed E-state index contributed by atoms with van der Waals surface area (Å²) in [5.74, 6) is -1.50. The molecule has 0 saturated carbocycles. The maximum Gasteiger partial charge on any atom is 0.162 e. The summed E-state index contributed by atoms with van der Waals surface area (Å²) >= 11 is 0. The molecule has 1 aromatic heterocycles. The van der Waals surface area contributed by atoms with Crippen molar-refractivity contribution >= 4 is 0 Å². The maximum atomic E-state index is 13.1. The van der Waals surface area contributed by atoms with E-state index in [4.69, 9.17) is 4.74 Å². The van der Waals surface area contributed by atoms with Gasteiger partial charge < -0.3 is 9.30 Å². The van der Waals surface area contributed by atoms with E-state index in [9.17, 15) is 8.78 Å². The third kappa shape index (κ3) is 3.08. The molecule has 0 fully saturated rings. The van der Waals surface area contributed by atoms with Crippen molar-refractivity contribution in [3.8, 4) is 11.4 Å². The number of nitrogens with zero attached hydrogens (tertiary/aromatic N) is 2. The van der Waals surface area contributed by atoms with Gasteiger partial charge in [0.1, 0.15) is 12.4 Å². The minimum atomic E-state index is -0.914. The number of rotatable bonds is 4. The molecular formula is C16H12F2N2O. The van der Waals surface area contributed by atoms with Crippen LogP contribution in [0.1, 0.15) is 5.56 Å². The lowest BCUT2D eigenvalue weighted by molar-refractivity contribution is 0.303. The van der Waals surface area contributed by atoms with Gasteiger partial charge in [-0.3, -0.25) is 0 Å². The molecule has 3 rings (SSSR count). The average molecular weight is 286 g/mol. The molecule has 0 bridgehead atoms. The first-order valence-corrected chi connectivity index (χ1v) is 6.37. The van der Waals surface area contributed by atoms with Crippen LogP contribution in [-0.4, -0.2) is 9.55 Å². The quantitative estimate of drug-likeness (QED) is 0.730. The van der Waals surface area contributed by atoms with Crippen molar-refractivity contribution in [1.82, 2.24) is 9.55 Å². The Hall–Kier alpha value is -2.69. The summed E-state index contributed by atoms with van der Waals surface area (Å²) in [5.41, 5.74) is 1.92. The fourth-order valence-corrected chi connectivity index (χ4v) is 1.91. The molecule has 0 saturated heterocycles. The van der Waals surface area contributed by atoms with E-state index in [-0.39, 0.29) is 6.61 Å². The van der Waals surface area contributed by atoms with Gasteiger partial charge in [0.05, 0.1) is 6.33 Å². The van der Waals surface area contributed by atoms with E-state index in [1.54, 1.807) is 12.5 Å². The first kappa shape index (κ1) is 13.3. The van der Waals surface area contributed by atoms with E-state index < -0.39 is 11.6 Å². The summed E-state index contributed by atoms with van der Waals surface area (Å²) in [7, 11) is 0. The fraction of sp³-hybridized carbons (Fsp3) is 0.0625. The van der Waals surface area contributed by atoms with Gasteiger partial charge in [-0.05, 0) is 29.8 Å². The van der Waals surface area contributed by atoms with Crippen LogP contribution >= 0.6 is 0 Å². The fourth-order valence-electron chi connectivity index (χ4n) is 1.91. The minimum Gasteiger partial charge on any atom is -0.489 e. The Morgan fingerprint density at radius 2 is 1.81 bits per heavy atom. The Labute approximate surface area is 120 Å². The largest absolute Gasteiger partial charge is 0.489 e. The van der Waals surface area contributed by atoms with Crippen LogP contribution in [0.3, 0.4) is 0 Å². The van der Waals surface area contributed by atoms with Gasteiger partial charge >= 0.3 is 0 Å². The second-order valence-electron chi connectivity index (χ2n) is 4.50. The molecule has 21 heavy (non-hydrogen) atoms. The predicted octanol–water partition coefficient (Wildman–Crippen LogP) is 3.73. The molecule has 0 amide bonds. The molecule has 0 aliphatic carbocycles. The summed E-state index contributed by atoms with van der Waals surface area (Å²) in [5, 5.41) is 0. The maximum absolute atomic E-state index is 13.1. The van der Waals surface area contributed by atoms with Gasteiger partial charge in [0, 0.05) is 24.1 Å². The van der Waals surface area contributed by atoms with E-state index >= 15 is 0 Å². The summed E-state index contributed by atoms with van der Waals surface area (Å²) in [4.78, 5) is 3.98. The van der Waals surface area contributed by atoms with Crippen LogP contribution in [0.5, 0.6) is 5.75 Å². The number of hydrogen-bond acceptors (Lipinski definition) is 2. The molecule has 3 nitrogen and oxygen atoms in total. The van der Waals surface area contributed by atoms with Gasteiger partial charge in [0.15, 0.2) is 11.6 Å². The molecule has 0 radical (unpaired) electrons. The second kappa shape index (κ2) is 5.75. The zero-order chi connectivity index (χ0) is 14.7. The van der Waals surface area contributed by atoms with Crippen molar-refractivity contribution in [2.24, 2.45) is 0 Å². The minimum absolute atomic E-state index is 0.287. The first-order valence-electron chi connectivity index (χ1n) is 6.37. The SMILES string of the molecule is Fc1ccc(OCc2ccc(-n3ccnc3)cc2)cc1F. The van der Waals surface area contributed by atoms with Crippen molar-refractivity contribution in [2.75, 3.05) is 0 Å². The molecule has 0 N–H and O–H groups in total. The average Bonchev–Trinajstić information content (AvgIpc) is 3.03. The monoisotopic (exact) mass is 286 g/mol. The number of ether oxygens (including phenoxy) is 1. The molecular weight excluding hydrogens is 274 g/mol. The molecule has 1 heterocycles. The van der Waals surface area contributed by atoms with Crippen molar-refractivity contribution in [3.05, 3.63) is 78.4 Å². The van der Waals surface area contributed by atoms with Crippen molar-refractivity contribution < 1.29 is 13.5 Å². The topological polar surface area (TPSA) is 27.1 Å². The highest BCUT2D eigenvalue weighted by Crippen LogP contribution is 2.17. The van der Waals surface area contributed by atoms with E-state index in [1.807, 2.05) is 35.0 Å². The van der Waals surface area contributed by atoms with Crippen LogP contribution < -0.4 is 4.74 Å². The molecule has 0 unspecified atom stereocenters. The second-order valence-corrected chi connectivity index (χ2v) is 4.50. The predicted molar refractivity (Wildman–Crippen MR) is 74.3 cm³/mol. The highest BCUT2D eigenvalue weighted by molar-refractivity contribution is 5.34. The van der Waals surface area contributed by atoms with Gasteiger partial charge in [-0.1, -0.05) is 12.1 Å². The first-order chi connectivity index (χ1) is 10.2. The Kier molecular flexibility index (Phi) is 3.64. The highest BCUT2D eigenvalue weighted by atomic mass is 19.2. The highest BCUT2D eigenvalue weighted by Gasteiger charge is 2.03. The Bertz CT molecular complexity index is 725. The van der Waals surface area contributed by atoms with E-state index in [0.29, 0.717) is 5.75 Å². The van der Waals surface area contributed by atoms with Gasteiger partial charge in [-0.15, -0.1) is 0 Å². The number of imidazole rings is 1. The van der Waals surface area contributed by atoms with E-state index in [0.717, 1.165) is 23.4 Å². The molecule has 5 heteroatoms. The normalized spacial score (nSPS) is 10.6. The summed E-state index contributed by atoms with van der Waals surface area (Å²) in [6.07, 6.45) is 5.28. The molecule has 0 aliphatic heterocycles. The molecule has 2 aromatic carbocycles. The van der Waals surface area contributed by atoms with E-state index in [1.165, 1.54) is 6.07 Å². The molecule has 0 atom stereocenters. The molecule has 106 valence electrons. The zero-order valence-corrected chi connectivity index (χ0v) is 11.0. The third-order valence-electron chi connectivity index (χ3n) is 3.04. The Morgan fingerprint density at radius 3 is 2.48 bits per heavy atom. The lowest BCUT2D eigenvalue weighted by Crippen LogP contribution is -1.97.